The molecule has 1 heterocycles. The fourth-order valence-corrected chi connectivity index (χ4v) is 4.85. The molecule has 0 bridgehead atoms. The number of esters is 2. The summed E-state index contributed by atoms with van der Waals surface area (Å²) in [4.78, 5) is 29.8. The molecule has 0 aliphatic heterocycles. The molecule has 0 amide bonds. The minimum Gasteiger partial charge on any atom is -0.497 e. The molecule has 0 spiro atoms. The second kappa shape index (κ2) is 15.1. The van der Waals surface area contributed by atoms with Gasteiger partial charge in [0.2, 0.25) is 5.13 Å². The number of methoxy groups -OCH3 is 1. The number of para-hydroxylation sites is 1. The Bertz CT molecular complexity index is 1830. The maximum atomic E-state index is 12.7. The Morgan fingerprint density at radius 2 is 1.47 bits per heavy atom. The van der Waals surface area contributed by atoms with Gasteiger partial charge in [0.25, 0.3) is 0 Å². The summed E-state index contributed by atoms with van der Waals surface area (Å²) in [6.07, 6.45) is 7.40. The van der Waals surface area contributed by atoms with Crippen LogP contribution in [0.5, 0.6) is 23.0 Å². The van der Waals surface area contributed by atoms with Crippen LogP contribution in [-0.2, 0) is 9.59 Å². The van der Waals surface area contributed by atoms with Gasteiger partial charge in [-0.1, -0.05) is 47.7 Å². The number of thiazole rings is 1. The average Bonchev–Trinajstić information content (AvgIpc) is 3.48. The first-order valence-corrected chi connectivity index (χ1v) is 14.8. The van der Waals surface area contributed by atoms with Gasteiger partial charge in [0.05, 0.1) is 30.1 Å². The van der Waals surface area contributed by atoms with E-state index in [4.69, 9.17) is 18.9 Å². The zero-order valence-electron chi connectivity index (χ0n) is 24.5. The van der Waals surface area contributed by atoms with Crippen molar-refractivity contribution in [3.63, 3.8) is 0 Å². The number of carbonyl (C=O) groups is 2. The molecule has 1 aromatic heterocycles. The molecule has 9 nitrogen and oxygen atoms in total. The van der Waals surface area contributed by atoms with E-state index in [0.717, 1.165) is 27.1 Å². The molecule has 0 aliphatic rings. The number of carbonyl (C=O) groups excluding carboxylic acids is 2. The molecule has 4 aromatic carbocycles. The standard InChI is InChI=1S/C35H29N3O6S/c1-3-42-28-16-10-25(11-17-28)12-20-33(39)43-29-18-19-31(44-34(40)21-13-24-8-14-27(41-2)15-9-24)26(22-29)23-36-38-35-37-30-6-4-5-7-32(30)45-35/h4-23H,3H2,1-2H3,(H,37,38)/b20-12+,21-13+,36-23+. The van der Waals surface area contributed by atoms with Gasteiger partial charge in [0.15, 0.2) is 0 Å². The number of rotatable bonds is 12. The monoisotopic (exact) mass is 619 g/mol. The Morgan fingerprint density at radius 1 is 0.822 bits per heavy atom. The van der Waals surface area contributed by atoms with Crippen molar-refractivity contribution >= 4 is 57.0 Å². The van der Waals surface area contributed by atoms with Gasteiger partial charge in [-0.25, -0.2) is 14.6 Å². The number of nitrogens with one attached hydrogen (secondary N) is 1. The number of hydrazone groups is 1. The van der Waals surface area contributed by atoms with Crippen LogP contribution in [0.15, 0.2) is 108 Å². The predicted octanol–water partition coefficient (Wildman–Crippen LogP) is 7.39. The van der Waals surface area contributed by atoms with E-state index < -0.39 is 11.9 Å². The number of anilines is 1. The molecule has 226 valence electrons. The maximum absolute atomic E-state index is 12.7. The molecule has 0 aliphatic carbocycles. The molecule has 0 saturated carbocycles. The third-order valence-corrected chi connectivity index (χ3v) is 7.14. The highest BCUT2D eigenvalue weighted by atomic mass is 32.1. The number of hydrogen-bond donors (Lipinski definition) is 1. The molecule has 10 heteroatoms. The number of ether oxygens (including phenoxy) is 4. The lowest BCUT2D eigenvalue weighted by Gasteiger charge is -2.08. The smallest absolute Gasteiger partial charge is 0.336 e. The normalized spacial score (nSPS) is 11.3. The molecule has 45 heavy (non-hydrogen) atoms. The third-order valence-electron chi connectivity index (χ3n) is 6.20. The summed E-state index contributed by atoms with van der Waals surface area (Å²) in [6, 6.07) is 27.0. The molecule has 0 fully saturated rings. The summed E-state index contributed by atoms with van der Waals surface area (Å²) in [5.74, 6) is 0.756. The van der Waals surface area contributed by atoms with Crippen LogP contribution in [0.4, 0.5) is 5.13 Å². The summed E-state index contributed by atoms with van der Waals surface area (Å²) >= 11 is 1.45. The predicted molar refractivity (Wildman–Crippen MR) is 177 cm³/mol. The van der Waals surface area contributed by atoms with E-state index in [0.29, 0.717) is 23.1 Å². The summed E-state index contributed by atoms with van der Waals surface area (Å²) in [6.45, 7) is 2.49. The lowest BCUT2D eigenvalue weighted by Crippen LogP contribution is -2.08. The number of fused-ring (bicyclic) bond motifs is 1. The molecule has 1 N–H and O–H groups in total. The number of benzene rings is 4. The van der Waals surface area contributed by atoms with Crippen molar-refractivity contribution < 1.29 is 28.5 Å². The summed E-state index contributed by atoms with van der Waals surface area (Å²) in [5.41, 5.74) is 5.78. The number of aromatic nitrogens is 1. The summed E-state index contributed by atoms with van der Waals surface area (Å²) in [5, 5.41) is 4.88. The minimum absolute atomic E-state index is 0.221. The van der Waals surface area contributed by atoms with Gasteiger partial charge in [-0.05, 0) is 84.8 Å². The zero-order chi connectivity index (χ0) is 31.4. The van der Waals surface area contributed by atoms with Crippen molar-refractivity contribution in [1.29, 1.82) is 0 Å². The van der Waals surface area contributed by atoms with Gasteiger partial charge in [-0.3, -0.25) is 5.43 Å². The van der Waals surface area contributed by atoms with Crippen molar-refractivity contribution in [3.05, 3.63) is 120 Å². The zero-order valence-corrected chi connectivity index (χ0v) is 25.3. The van der Waals surface area contributed by atoms with Crippen LogP contribution in [0.1, 0.15) is 23.6 Å². The van der Waals surface area contributed by atoms with Crippen molar-refractivity contribution in [3.8, 4) is 23.0 Å². The molecule has 0 saturated heterocycles. The molecular weight excluding hydrogens is 590 g/mol. The highest BCUT2D eigenvalue weighted by molar-refractivity contribution is 7.22. The van der Waals surface area contributed by atoms with Gasteiger partial charge in [-0.2, -0.15) is 5.10 Å². The van der Waals surface area contributed by atoms with Crippen molar-refractivity contribution in [2.45, 2.75) is 6.92 Å². The topological polar surface area (TPSA) is 108 Å². The lowest BCUT2D eigenvalue weighted by atomic mass is 10.2. The van der Waals surface area contributed by atoms with E-state index >= 15 is 0 Å². The van der Waals surface area contributed by atoms with Gasteiger partial charge in [0, 0.05) is 17.7 Å². The molecule has 5 rings (SSSR count). The van der Waals surface area contributed by atoms with Crippen LogP contribution in [-0.4, -0.2) is 36.9 Å². The Morgan fingerprint density at radius 3 is 2.13 bits per heavy atom. The van der Waals surface area contributed by atoms with Crippen LogP contribution in [0, 0.1) is 0 Å². The van der Waals surface area contributed by atoms with Crippen LogP contribution in [0.2, 0.25) is 0 Å². The highest BCUT2D eigenvalue weighted by Crippen LogP contribution is 2.27. The van der Waals surface area contributed by atoms with Crippen LogP contribution in [0.3, 0.4) is 0 Å². The minimum atomic E-state index is -0.595. The van der Waals surface area contributed by atoms with E-state index in [2.05, 4.69) is 15.5 Å². The van der Waals surface area contributed by atoms with E-state index in [1.54, 1.807) is 37.5 Å². The van der Waals surface area contributed by atoms with Crippen LogP contribution in [0.25, 0.3) is 22.4 Å². The quantitative estimate of drug-likeness (QED) is 0.0507. The molecule has 0 radical (unpaired) electrons. The first-order chi connectivity index (χ1) is 22.0. The first-order valence-electron chi connectivity index (χ1n) is 13.9. The summed E-state index contributed by atoms with van der Waals surface area (Å²) < 4.78 is 22.8. The molecule has 0 atom stereocenters. The molecule has 5 aromatic rings. The van der Waals surface area contributed by atoms with Gasteiger partial charge >= 0.3 is 11.9 Å². The largest absolute Gasteiger partial charge is 0.497 e. The second-order valence-corrected chi connectivity index (χ2v) is 10.4. The van der Waals surface area contributed by atoms with E-state index in [-0.39, 0.29) is 11.5 Å². The number of hydrogen-bond acceptors (Lipinski definition) is 10. The Labute approximate surface area is 264 Å². The van der Waals surface area contributed by atoms with E-state index in [1.807, 2.05) is 67.6 Å². The third kappa shape index (κ3) is 8.88. The molecular formula is C35H29N3O6S. The van der Waals surface area contributed by atoms with Gasteiger partial charge in [-0.15, -0.1) is 0 Å². The second-order valence-electron chi connectivity index (χ2n) is 9.34. The molecule has 0 unspecified atom stereocenters. The summed E-state index contributed by atoms with van der Waals surface area (Å²) in [7, 11) is 1.59. The van der Waals surface area contributed by atoms with Crippen molar-refractivity contribution in [2.75, 3.05) is 19.1 Å². The Kier molecular flexibility index (Phi) is 10.3. The van der Waals surface area contributed by atoms with E-state index in [9.17, 15) is 9.59 Å². The van der Waals surface area contributed by atoms with E-state index in [1.165, 1.54) is 41.8 Å². The van der Waals surface area contributed by atoms with Gasteiger partial charge < -0.3 is 18.9 Å². The Hall–Kier alpha value is -5.74. The number of nitrogens with zero attached hydrogens (tertiary/aromatic N) is 2. The van der Waals surface area contributed by atoms with Crippen molar-refractivity contribution in [2.24, 2.45) is 5.10 Å². The maximum Gasteiger partial charge on any atom is 0.336 e. The highest BCUT2D eigenvalue weighted by Gasteiger charge is 2.11. The van der Waals surface area contributed by atoms with Crippen LogP contribution >= 0.6 is 11.3 Å². The average molecular weight is 620 g/mol. The van der Waals surface area contributed by atoms with Crippen LogP contribution < -0.4 is 24.4 Å². The van der Waals surface area contributed by atoms with Crippen molar-refractivity contribution in [1.82, 2.24) is 4.98 Å². The fourth-order valence-electron chi connectivity index (χ4n) is 4.04. The van der Waals surface area contributed by atoms with Gasteiger partial charge in [0.1, 0.15) is 23.0 Å². The lowest BCUT2D eigenvalue weighted by molar-refractivity contribution is -0.130. The SMILES string of the molecule is CCOc1ccc(/C=C/C(=O)Oc2ccc(OC(=O)/C=C/c3ccc(OC)cc3)c(/C=N/Nc3nc4ccccc4s3)c2)cc1. The Balaban J connectivity index is 1.30. The first kappa shape index (κ1) is 30.7. The fraction of sp³-hybridized carbons (Fsp3) is 0.0857.